The highest BCUT2D eigenvalue weighted by atomic mass is 127. The SMILES string of the molecule is O=C(I)c1ccoc1. The van der Waals surface area contributed by atoms with Gasteiger partial charge in [-0.2, -0.15) is 0 Å². The van der Waals surface area contributed by atoms with E-state index >= 15 is 0 Å². The van der Waals surface area contributed by atoms with Crippen molar-refractivity contribution in [3.8, 4) is 0 Å². The molecule has 3 heteroatoms. The topological polar surface area (TPSA) is 30.2 Å². The quantitative estimate of drug-likeness (QED) is 0.536. The van der Waals surface area contributed by atoms with E-state index in [1.807, 2.05) is 0 Å². The Labute approximate surface area is 60.0 Å². The van der Waals surface area contributed by atoms with Gasteiger partial charge in [0.05, 0.1) is 11.8 Å². The fourth-order valence-corrected chi connectivity index (χ4v) is 0.683. The number of hydrogen-bond donors (Lipinski definition) is 0. The summed E-state index contributed by atoms with van der Waals surface area (Å²) in [5.41, 5.74) is 0.616. The predicted octanol–water partition coefficient (Wildman–Crippen LogP) is 1.85. The zero-order valence-corrected chi connectivity index (χ0v) is 6.08. The molecule has 1 heterocycles. The molecule has 0 atom stereocenters. The van der Waals surface area contributed by atoms with Gasteiger partial charge in [0.2, 0.25) is 3.79 Å². The largest absolute Gasteiger partial charge is 0.472 e. The molecular weight excluding hydrogens is 219 g/mol. The Bertz CT molecular complexity index is 178. The maximum absolute atomic E-state index is 10.4. The summed E-state index contributed by atoms with van der Waals surface area (Å²) >= 11 is 1.71. The fraction of sp³-hybridized carbons (Fsp3) is 0. The first-order chi connectivity index (χ1) is 3.80. The Morgan fingerprint density at radius 1 is 1.75 bits per heavy atom. The molecule has 0 unspecified atom stereocenters. The van der Waals surface area contributed by atoms with E-state index in [2.05, 4.69) is 4.42 Å². The molecule has 0 spiro atoms. The lowest BCUT2D eigenvalue weighted by Crippen LogP contribution is -1.79. The van der Waals surface area contributed by atoms with Crippen LogP contribution in [-0.4, -0.2) is 3.79 Å². The molecule has 0 amide bonds. The van der Waals surface area contributed by atoms with Crippen LogP contribution in [0.2, 0.25) is 0 Å². The molecule has 1 aromatic heterocycles. The fourth-order valence-electron chi connectivity index (χ4n) is 0.376. The van der Waals surface area contributed by atoms with Crippen LogP contribution in [0.25, 0.3) is 0 Å². The maximum Gasteiger partial charge on any atom is 0.225 e. The van der Waals surface area contributed by atoms with Crippen LogP contribution in [0.1, 0.15) is 10.4 Å². The summed E-state index contributed by atoms with van der Waals surface area (Å²) in [5, 5.41) is 0. The summed E-state index contributed by atoms with van der Waals surface area (Å²) in [6.45, 7) is 0. The predicted molar refractivity (Wildman–Crippen MR) is 37.1 cm³/mol. The van der Waals surface area contributed by atoms with Gasteiger partial charge in [-0.1, -0.05) is 0 Å². The maximum atomic E-state index is 10.4. The van der Waals surface area contributed by atoms with Crippen LogP contribution in [0.5, 0.6) is 0 Å². The van der Waals surface area contributed by atoms with E-state index in [-0.39, 0.29) is 3.79 Å². The normalized spacial score (nSPS) is 9.12. The van der Waals surface area contributed by atoms with E-state index in [1.54, 1.807) is 28.7 Å². The molecule has 2 nitrogen and oxygen atoms in total. The number of furan rings is 1. The van der Waals surface area contributed by atoms with Crippen LogP contribution in [0.3, 0.4) is 0 Å². The van der Waals surface area contributed by atoms with E-state index in [9.17, 15) is 4.79 Å². The Kier molecular flexibility index (Phi) is 1.67. The Morgan fingerprint density at radius 2 is 2.50 bits per heavy atom. The first-order valence-electron chi connectivity index (χ1n) is 2.03. The summed E-state index contributed by atoms with van der Waals surface area (Å²) in [6, 6.07) is 1.63. The standard InChI is InChI=1S/C5H3IO2/c6-5(7)4-1-2-8-3-4/h1-3H. The van der Waals surface area contributed by atoms with Crippen molar-refractivity contribution in [2.24, 2.45) is 0 Å². The minimum absolute atomic E-state index is 0.0105. The smallest absolute Gasteiger partial charge is 0.225 e. The van der Waals surface area contributed by atoms with Crippen molar-refractivity contribution in [2.75, 3.05) is 0 Å². The molecule has 0 radical (unpaired) electrons. The molecule has 0 saturated heterocycles. The van der Waals surface area contributed by atoms with Gasteiger partial charge in [-0.15, -0.1) is 0 Å². The van der Waals surface area contributed by atoms with E-state index in [0.29, 0.717) is 5.56 Å². The van der Waals surface area contributed by atoms with Crippen molar-refractivity contribution in [3.63, 3.8) is 0 Å². The van der Waals surface area contributed by atoms with Crippen molar-refractivity contribution in [1.82, 2.24) is 0 Å². The summed E-state index contributed by atoms with van der Waals surface area (Å²) < 4.78 is 4.66. The lowest BCUT2D eigenvalue weighted by atomic mass is 10.4. The molecule has 42 valence electrons. The van der Waals surface area contributed by atoms with Crippen molar-refractivity contribution >= 4 is 26.4 Å². The van der Waals surface area contributed by atoms with Crippen molar-refractivity contribution < 1.29 is 9.21 Å². The van der Waals surface area contributed by atoms with E-state index in [1.165, 1.54) is 12.5 Å². The van der Waals surface area contributed by atoms with E-state index in [4.69, 9.17) is 0 Å². The summed E-state index contributed by atoms with van der Waals surface area (Å²) in [5.74, 6) is 0. The first-order valence-corrected chi connectivity index (χ1v) is 3.10. The average molecular weight is 222 g/mol. The zero-order valence-electron chi connectivity index (χ0n) is 3.93. The molecule has 1 aromatic rings. The van der Waals surface area contributed by atoms with Gasteiger partial charge in [0.15, 0.2) is 0 Å². The van der Waals surface area contributed by atoms with Gasteiger partial charge in [-0.3, -0.25) is 4.79 Å². The second kappa shape index (κ2) is 2.30. The monoisotopic (exact) mass is 222 g/mol. The van der Waals surface area contributed by atoms with Crippen LogP contribution in [0, 0.1) is 0 Å². The summed E-state index contributed by atoms with van der Waals surface area (Å²) in [7, 11) is 0. The average Bonchev–Trinajstić information content (AvgIpc) is 2.12. The minimum Gasteiger partial charge on any atom is -0.472 e. The molecule has 0 aliphatic rings. The second-order valence-corrected chi connectivity index (χ2v) is 2.27. The van der Waals surface area contributed by atoms with Crippen LogP contribution in [0.4, 0.5) is 0 Å². The molecule has 0 saturated carbocycles. The molecule has 0 fully saturated rings. The second-order valence-electron chi connectivity index (χ2n) is 1.29. The van der Waals surface area contributed by atoms with E-state index in [0.717, 1.165) is 0 Å². The van der Waals surface area contributed by atoms with Crippen molar-refractivity contribution in [2.45, 2.75) is 0 Å². The Hall–Kier alpha value is -0.320. The number of rotatable bonds is 1. The van der Waals surface area contributed by atoms with Crippen LogP contribution in [-0.2, 0) is 0 Å². The lowest BCUT2D eigenvalue weighted by molar-refractivity contribution is 0.110. The van der Waals surface area contributed by atoms with Crippen LogP contribution < -0.4 is 0 Å². The van der Waals surface area contributed by atoms with Gasteiger partial charge in [0.25, 0.3) is 0 Å². The molecule has 1 rings (SSSR count). The molecule has 0 bridgehead atoms. The molecule has 0 aliphatic heterocycles. The Balaban J connectivity index is 2.93. The molecule has 0 N–H and O–H groups in total. The Morgan fingerprint density at radius 3 is 2.75 bits per heavy atom. The third-order valence-corrected chi connectivity index (χ3v) is 1.37. The van der Waals surface area contributed by atoms with Crippen LogP contribution in [0.15, 0.2) is 23.0 Å². The van der Waals surface area contributed by atoms with Gasteiger partial charge >= 0.3 is 0 Å². The highest BCUT2D eigenvalue weighted by Crippen LogP contribution is 2.04. The number of halogens is 1. The first kappa shape index (κ1) is 5.81. The highest BCUT2D eigenvalue weighted by Gasteiger charge is 1.98. The van der Waals surface area contributed by atoms with Crippen molar-refractivity contribution in [3.05, 3.63) is 24.2 Å². The number of carbonyl (C=O) groups excluding carboxylic acids is 1. The highest BCUT2D eigenvalue weighted by molar-refractivity contribution is 14.1. The van der Waals surface area contributed by atoms with Gasteiger partial charge < -0.3 is 4.42 Å². The molecule has 0 aliphatic carbocycles. The molecule has 0 aromatic carbocycles. The molecular formula is C5H3IO2. The summed E-state index contributed by atoms with van der Waals surface area (Å²) in [4.78, 5) is 10.4. The zero-order chi connectivity index (χ0) is 5.98. The van der Waals surface area contributed by atoms with Crippen LogP contribution >= 0.6 is 22.6 Å². The number of carbonyl (C=O) groups is 1. The lowest BCUT2D eigenvalue weighted by Gasteiger charge is -1.75. The summed E-state index contributed by atoms with van der Waals surface area (Å²) in [6.07, 6.45) is 2.90. The van der Waals surface area contributed by atoms with Gasteiger partial charge in [0.1, 0.15) is 6.26 Å². The minimum atomic E-state index is 0.0105. The third-order valence-electron chi connectivity index (χ3n) is 0.748. The molecule has 8 heavy (non-hydrogen) atoms. The van der Waals surface area contributed by atoms with E-state index < -0.39 is 0 Å². The van der Waals surface area contributed by atoms with Crippen molar-refractivity contribution in [1.29, 1.82) is 0 Å². The van der Waals surface area contributed by atoms with Gasteiger partial charge in [-0.05, 0) is 6.07 Å². The van der Waals surface area contributed by atoms with Gasteiger partial charge in [-0.25, -0.2) is 0 Å². The third kappa shape index (κ3) is 1.09. The van der Waals surface area contributed by atoms with Gasteiger partial charge in [0, 0.05) is 22.6 Å². The number of hydrogen-bond acceptors (Lipinski definition) is 2.